The SMILES string of the molecule is CN(C)P1(N(C)C)=NP2(Cl)=NP3(=N1)NCCCN3CCCCN2. The van der Waals surface area contributed by atoms with Crippen LogP contribution in [0.2, 0.25) is 0 Å². The van der Waals surface area contributed by atoms with Gasteiger partial charge in [0.1, 0.15) is 0 Å². The molecule has 2 atom stereocenters. The van der Waals surface area contributed by atoms with E-state index in [1.54, 1.807) is 0 Å². The number of hydrogen-bond donors (Lipinski definition) is 2. The van der Waals surface area contributed by atoms with E-state index in [1.807, 2.05) is 0 Å². The smallest absolute Gasteiger partial charge is 0.236 e. The molecule has 1 spiro atoms. The summed E-state index contributed by atoms with van der Waals surface area (Å²) in [5, 5.41) is 7.15. The van der Waals surface area contributed by atoms with Crippen LogP contribution in [0.1, 0.15) is 19.3 Å². The summed E-state index contributed by atoms with van der Waals surface area (Å²) in [6, 6.07) is 0. The van der Waals surface area contributed by atoms with Crippen LogP contribution in [0, 0.1) is 0 Å². The van der Waals surface area contributed by atoms with Gasteiger partial charge in [-0.1, -0.05) is 0 Å². The van der Waals surface area contributed by atoms with Crippen LogP contribution in [0.15, 0.2) is 13.5 Å². The van der Waals surface area contributed by atoms with E-state index in [9.17, 15) is 0 Å². The van der Waals surface area contributed by atoms with Gasteiger partial charge in [0.2, 0.25) is 21.7 Å². The molecule has 0 radical (unpaired) electrons. The zero-order chi connectivity index (χ0) is 16.7. The number of hydrogen-bond acceptors (Lipinski definition) is 8. The first-order valence-electron chi connectivity index (χ1n) is 8.04. The van der Waals surface area contributed by atoms with Crippen LogP contribution >= 0.6 is 33.0 Å². The molecular weight excluding hydrogens is 373 g/mol. The minimum absolute atomic E-state index is 0.874. The molecule has 1 fully saturated rings. The molecule has 0 aromatic carbocycles. The van der Waals surface area contributed by atoms with Crippen molar-refractivity contribution in [2.24, 2.45) is 13.5 Å². The van der Waals surface area contributed by atoms with E-state index in [0.717, 1.165) is 45.4 Å². The van der Waals surface area contributed by atoms with Crippen molar-refractivity contribution in [3.8, 4) is 0 Å². The summed E-state index contributed by atoms with van der Waals surface area (Å²) in [5.41, 5.74) is 0. The molecule has 0 amide bonds. The molecule has 2 N–H and O–H groups in total. The van der Waals surface area contributed by atoms with Crippen LogP contribution in [0.5, 0.6) is 0 Å². The molecule has 1 saturated heterocycles. The van der Waals surface area contributed by atoms with Crippen molar-refractivity contribution in [2.75, 3.05) is 54.4 Å². The molecule has 3 aliphatic heterocycles. The highest BCUT2D eigenvalue weighted by atomic mass is 35.7. The molecule has 3 heterocycles. The molecule has 12 heteroatoms. The van der Waals surface area contributed by atoms with Crippen molar-refractivity contribution in [1.82, 2.24) is 24.2 Å². The Bertz CT molecular complexity index is 619. The maximum Gasteiger partial charge on any atom is 0.236 e. The Morgan fingerprint density at radius 2 is 1.52 bits per heavy atom. The summed E-state index contributed by atoms with van der Waals surface area (Å²) in [7, 11) is 3.82. The lowest BCUT2D eigenvalue weighted by molar-refractivity contribution is 0.400. The molecule has 0 aromatic heterocycles. The number of nitrogens with one attached hydrogen (secondary N) is 2. The molecule has 3 aliphatic rings. The summed E-state index contributed by atoms with van der Waals surface area (Å²) in [6.45, 7) is 1.46. The van der Waals surface area contributed by atoms with E-state index in [2.05, 4.69) is 52.4 Å². The van der Waals surface area contributed by atoms with Crippen LogP contribution < -0.4 is 10.2 Å². The Kier molecular flexibility index (Phi) is 5.51. The summed E-state index contributed by atoms with van der Waals surface area (Å²) in [4.78, 5) is 0. The van der Waals surface area contributed by atoms with Gasteiger partial charge in [-0.25, -0.2) is 14.0 Å². The van der Waals surface area contributed by atoms with Crippen molar-refractivity contribution in [3.05, 3.63) is 0 Å². The number of halogens is 1. The fourth-order valence-corrected chi connectivity index (χ4v) is 17.5. The lowest BCUT2D eigenvalue weighted by Gasteiger charge is -2.44. The van der Waals surface area contributed by atoms with E-state index in [0.29, 0.717) is 0 Å². The average molecular weight is 401 g/mol. The lowest BCUT2D eigenvalue weighted by atomic mass is 10.3. The lowest BCUT2D eigenvalue weighted by Crippen LogP contribution is -2.36. The van der Waals surface area contributed by atoms with Gasteiger partial charge in [0.25, 0.3) is 0 Å². The summed E-state index contributed by atoms with van der Waals surface area (Å²) in [6.07, 6.45) is 3.39. The largest absolute Gasteiger partial charge is 0.253 e. The predicted molar refractivity (Wildman–Crippen MR) is 103 cm³/mol. The monoisotopic (exact) mass is 400 g/mol. The maximum absolute atomic E-state index is 6.98. The molecule has 2 bridgehead atoms. The van der Waals surface area contributed by atoms with Crippen molar-refractivity contribution in [2.45, 2.75) is 19.3 Å². The highest BCUT2D eigenvalue weighted by Gasteiger charge is 2.43. The van der Waals surface area contributed by atoms with E-state index in [4.69, 9.17) is 24.8 Å². The van der Waals surface area contributed by atoms with Crippen molar-refractivity contribution < 1.29 is 0 Å². The Hall–Kier alpha value is 0.780. The molecule has 8 nitrogen and oxygen atoms in total. The van der Waals surface area contributed by atoms with E-state index in [1.165, 1.54) is 0 Å². The Morgan fingerprint density at radius 3 is 2.22 bits per heavy atom. The van der Waals surface area contributed by atoms with Gasteiger partial charge < -0.3 is 0 Å². The third kappa shape index (κ3) is 3.40. The molecule has 0 aliphatic carbocycles. The number of rotatable bonds is 2. The third-order valence-corrected chi connectivity index (χ3v) is 16.3. The van der Waals surface area contributed by atoms with Crippen molar-refractivity contribution in [1.29, 1.82) is 0 Å². The second-order valence-electron chi connectivity index (χ2n) is 6.42. The standard InChI is InChI=1S/C11H28ClN8P3/c1-18(2)23(19(3)4)16-21(12)13-8-5-6-10-20-11-7-9-14-22(20,15-21)17-23/h13-14H,5-11H2,1-4H3. The first kappa shape index (κ1) is 18.6. The quantitative estimate of drug-likeness (QED) is 0.688. The molecule has 134 valence electrons. The molecule has 23 heavy (non-hydrogen) atoms. The van der Waals surface area contributed by atoms with Crippen LogP contribution in [0.3, 0.4) is 0 Å². The minimum atomic E-state index is -2.45. The van der Waals surface area contributed by atoms with Gasteiger partial charge in [0, 0.05) is 26.2 Å². The topological polar surface area (TPSA) is 70.9 Å². The van der Waals surface area contributed by atoms with Crippen LogP contribution in [-0.2, 0) is 0 Å². The second kappa shape index (κ2) is 6.83. The van der Waals surface area contributed by atoms with Crippen LogP contribution in [0.4, 0.5) is 0 Å². The van der Waals surface area contributed by atoms with Gasteiger partial charge in [-0.3, -0.25) is 10.2 Å². The molecule has 0 saturated carbocycles. The Morgan fingerprint density at radius 1 is 0.870 bits per heavy atom. The zero-order valence-electron chi connectivity index (χ0n) is 14.4. The molecule has 2 unspecified atom stereocenters. The number of nitrogens with zero attached hydrogens (tertiary/aromatic N) is 6. The molecular formula is C11H28ClN8P3. The van der Waals surface area contributed by atoms with Gasteiger partial charge in [0.15, 0.2) is 0 Å². The maximum atomic E-state index is 6.98. The molecule has 0 aromatic rings. The van der Waals surface area contributed by atoms with E-state index < -0.39 is 21.7 Å². The first-order valence-corrected chi connectivity index (χ1v) is 13.9. The summed E-state index contributed by atoms with van der Waals surface area (Å²) in [5.74, 6) is 0. The predicted octanol–water partition coefficient (Wildman–Crippen LogP) is 3.88. The van der Waals surface area contributed by atoms with Crippen molar-refractivity contribution >= 4 is 33.0 Å². The Balaban J connectivity index is 2.29. The average Bonchev–Trinajstić information content (AvgIpc) is 2.51. The van der Waals surface area contributed by atoms with Crippen molar-refractivity contribution in [3.63, 3.8) is 0 Å². The van der Waals surface area contributed by atoms with Gasteiger partial charge in [-0.05, 0) is 58.7 Å². The van der Waals surface area contributed by atoms with Gasteiger partial charge in [-0.2, -0.15) is 13.5 Å². The van der Waals surface area contributed by atoms with E-state index >= 15 is 0 Å². The third-order valence-electron chi connectivity index (χ3n) is 4.27. The second-order valence-corrected chi connectivity index (χ2v) is 16.0. The van der Waals surface area contributed by atoms with Crippen LogP contribution in [0.25, 0.3) is 0 Å². The fraction of sp³-hybridized carbons (Fsp3) is 1.00. The summed E-state index contributed by atoms with van der Waals surface area (Å²) >= 11 is 6.98. The molecule has 3 rings (SSSR count). The first-order chi connectivity index (χ1) is 10.8. The highest BCUT2D eigenvalue weighted by Crippen LogP contribution is 2.79. The Labute approximate surface area is 144 Å². The zero-order valence-corrected chi connectivity index (χ0v) is 17.8. The van der Waals surface area contributed by atoms with Gasteiger partial charge >= 0.3 is 0 Å². The van der Waals surface area contributed by atoms with Gasteiger partial charge in [-0.15, -0.1) is 0 Å². The highest BCUT2D eigenvalue weighted by molar-refractivity contribution is 7.96. The fourth-order valence-electron chi connectivity index (χ4n) is 3.08. The van der Waals surface area contributed by atoms with Gasteiger partial charge in [0.05, 0.1) is 0 Å². The van der Waals surface area contributed by atoms with Crippen LogP contribution in [-0.4, -0.2) is 68.4 Å². The minimum Gasteiger partial charge on any atom is -0.253 e. The normalized spacial score (nSPS) is 37.7. The van der Waals surface area contributed by atoms with E-state index in [-0.39, 0.29) is 0 Å². The summed E-state index contributed by atoms with van der Waals surface area (Å²) < 4.78 is 22.2.